The van der Waals surface area contributed by atoms with Gasteiger partial charge in [0.15, 0.2) is 0 Å². The summed E-state index contributed by atoms with van der Waals surface area (Å²) in [6.07, 6.45) is 0. The molecule has 0 aliphatic heterocycles. The minimum absolute atomic E-state index is 0.150. The van der Waals surface area contributed by atoms with Gasteiger partial charge in [0.1, 0.15) is 11.6 Å². The number of hydrogen-bond donors (Lipinski definition) is 1. The SMILES string of the molecule is COC(=O)CSc1c(F)cc(CO)cc1F. The number of hydrogen-bond acceptors (Lipinski definition) is 4. The van der Waals surface area contributed by atoms with Gasteiger partial charge in [-0.15, -0.1) is 11.8 Å². The summed E-state index contributed by atoms with van der Waals surface area (Å²) < 4.78 is 31.0. The Morgan fingerprint density at radius 3 is 2.44 bits per heavy atom. The molecule has 1 aromatic carbocycles. The first kappa shape index (κ1) is 12.9. The number of halogens is 2. The Kier molecular flexibility index (Phi) is 4.70. The molecule has 1 rings (SSSR count). The van der Waals surface area contributed by atoms with Crippen molar-refractivity contribution in [3.05, 3.63) is 29.3 Å². The van der Waals surface area contributed by atoms with Crippen LogP contribution in [0.2, 0.25) is 0 Å². The number of benzene rings is 1. The third kappa shape index (κ3) is 3.18. The molecule has 0 heterocycles. The van der Waals surface area contributed by atoms with E-state index in [4.69, 9.17) is 5.11 Å². The van der Waals surface area contributed by atoms with Crippen molar-refractivity contribution < 1.29 is 23.4 Å². The molecule has 16 heavy (non-hydrogen) atoms. The highest BCUT2D eigenvalue weighted by atomic mass is 32.2. The zero-order valence-electron chi connectivity index (χ0n) is 8.50. The first-order chi connectivity index (χ1) is 7.58. The maximum absolute atomic E-state index is 13.3. The summed E-state index contributed by atoms with van der Waals surface area (Å²) in [5, 5.41) is 8.72. The van der Waals surface area contributed by atoms with E-state index in [0.717, 1.165) is 23.9 Å². The van der Waals surface area contributed by atoms with Gasteiger partial charge in [-0.05, 0) is 17.7 Å². The minimum atomic E-state index is -0.794. The lowest BCUT2D eigenvalue weighted by Gasteiger charge is -2.05. The highest BCUT2D eigenvalue weighted by Crippen LogP contribution is 2.26. The van der Waals surface area contributed by atoms with Crippen molar-refractivity contribution in [2.45, 2.75) is 11.5 Å². The predicted octanol–water partition coefficient (Wildman–Crippen LogP) is 1.72. The Hall–Kier alpha value is -1.14. The molecule has 0 aliphatic carbocycles. The van der Waals surface area contributed by atoms with Crippen molar-refractivity contribution in [1.29, 1.82) is 0 Å². The lowest BCUT2D eigenvalue weighted by molar-refractivity contribution is -0.137. The number of esters is 1. The molecule has 0 saturated heterocycles. The van der Waals surface area contributed by atoms with Crippen LogP contribution in [0.1, 0.15) is 5.56 Å². The summed E-state index contributed by atoms with van der Waals surface area (Å²) in [5.74, 6) is -2.31. The van der Waals surface area contributed by atoms with Gasteiger partial charge in [0, 0.05) is 0 Å². The standard InChI is InChI=1S/C10H10F2O3S/c1-15-9(14)5-16-10-7(11)2-6(4-13)3-8(10)12/h2-3,13H,4-5H2,1H3. The molecular formula is C10H10F2O3S. The van der Waals surface area contributed by atoms with Crippen LogP contribution in [0.15, 0.2) is 17.0 Å². The van der Waals surface area contributed by atoms with E-state index in [1.54, 1.807) is 0 Å². The third-order valence-corrected chi connectivity index (χ3v) is 2.86. The molecule has 0 bridgehead atoms. The molecule has 0 saturated carbocycles. The Morgan fingerprint density at radius 2 is 2.00 bits per heavy atom. The Balaban J connectivity index is 2.84. The van der Waals surface area contributed by atoms with E-state index >= 15 is 0 Å². The topological polar surface area (TPSA) is 46.5 Å². The van der Waals surface area contributed by atoms with Gasteiger partial charge in [-0.25, -0.2) is 8.78 Å². The van der Waals surface area contributed by atoms with Gasteiger partial charge in [-0.2, -0.15) is 0 Å². The van der Waals surface area contributed by atoms with Crippen LogP contribution in [0.4, 0.5) is 8.78 Å². The van der Waals surface area contributed by atoms with E-state index in [1.807, 2.05) is 0 Å². The molecule has 1 aromatic rings. The molecule has 0 spiro atoms. The Labute approximate surface area is 95.4 Å². The number of aliphatic hydroxyl groups excluding tert-OH is 1. The average molecular weight is 248 g/mol. The van der Waals surface area contributed by atoms with Crippen molar-refractivity contribution in [3.8, 4) is 0 Å². The summed E-state index contributed by atoms with van der Waals surface area (Å²) in [6, 6.07) is 2.06. The molecule has 0 aliphatic rings. The maximum atomic E-state index is 13.3. The van der Waals surface area contributed by atoms with E-state index in [1.165, 1.54) is 7.11 Å². The number of thioether (sulfide) groups is 1. The van der Waals surface area contributed by atoms with Gasteiger partial charge < -0.3 is 9.84 Å². The van der Waals surface area contributed by atoms with E-state index in [2.05, 4.69) is 4.74 Å². The fourth-order valence-electron chi connectivity index (χ4n) is 1.03. The van der Waals surface area contributed by atoms with Gasteiger partial charge in [0.25, 0.3) is 0 Å². The summed E-state index contributed by atoms with van der Waals surface area (Å²) in [6.45, 7) is -0.435. The summed E-state index contributed by atoms with van der Waals surface area (Å²) in [4.78, 5) is 10.6. The molecule has 0 atom stereocenters. The van der Waals surface area contributed by atoms with Gasteiger partial charge in [-0.3, -0.25) is 4.79 Å². The second-order valence-corrected chi connectivity index (χ2v) is 3.90. The lowest BCUT2D eigenvalue weighted by Crippen LogP contribution is -2.04. The highest BCUT2D eigenvalue weighted by Gasteiger charge is 2.13. The van der Waals surface area contributed by atoms with Crippen molar-refractivity contribution in [3.63, 3.8) is 0 Å². The number of carbonyl (C=O) groups is 1. The van der Waals surface area contributed by atoms with Crippen molar-refractivity contribution in [2.75, 3.05) is 12.9 Å². The van der Waals surface area contributed by atoms with Crippen LogP contribution in [-0.4, -0.2) is 23.9 Å². The van der Waals surface area contributed by atoms with Crippen molar-refractivity contribution in [1.82, 2.24) is 0 Å². The summed E-state index contributed by atoms with van der Waals surface area (Å²) in [5.41, 5.74) is 0.150. The van der Waals surface area contributed by atoms with Crippen LogP contribution < -0.4 is 0 Å². The second kappa shape index (κ2) is 5.81. The highest BCUT2D eigenvalue weighted by molar-refractivity contribution is 8.00. The molecule has 1 N–H and O–H groups in total. The minimum Gasteiger partial charge on any atom is -0.468 e. The number of rotatable bonds is 4. The fourth-order valence-corrected chi connectivity index (χ4v) is 1.81. The van der Waals surface area contributed by atoms with Crippen molar-refractivity contribution >= 4 is 17.7 Å². The number of aliphatic hydroxyl groups is 1. The number of ether oxygens (including phenoxy) is 1. The fraction of sp³-hybridized carbons (Fsp3) is 0.300. The second-order valence-electron chi connectivity index (χ2n) is 2.91. The Morgan fingerprint density at radius 1 is 1.44 bits per heavy atom. The molecule has 0 fully saturated rings. The molecular weight excluding hydrogens is 238 g/mol. The predicted molar refractivity (Wildman–Crippen MR) is 55.0 cm³/mol. The third-order valence-electron chi connectivity index (χ3n) is 1.80. The smallest absolute Gasteiger partial charge is 0.315 e. The van der Waals surface area contributed by atoms with Crippen LogP contribution in [0, 0.1) is 11.6 Å². The molecule has 3 nitrogen and oxygen atoms in total. The first-order valence-corrected chi connectivity index (χ1v) is 5.35. The summed E-state index contributed by atoms with van der Waals surface area (Å²) >= 11 is 0.719. The van der Waals surface area contributed by atoms with Gasteiger partial charge in [-0.1, -0.05) is 0 Å². The van der Waals surface area contributed by atoms with Gasteiger partial charge in [0.2, 0.25) is 0 Å². The van der Waals surface area contributed by atoms with Crippen LogP contribution in [0.25, 0.3) is 0 Å². The average Bonchev–Trinajstić information content (AvgIpc) is 2.27. The lowest BCUT2D eigenvalue weighted by atomic mass is 10.2. The maximum Gasteiger partial charge on any atom is 0.315 e. The van der Waals surface area contributed by atoms with E-state index in [9.17, 15) is 13.6 Å². The quantitative estimate of drug-likeness (QED) is 0.651. The first-order valence-electron chi connectivity index (χ1n) is 4.37. The molecule has 6 heteroatoms. The molecule has 0 aromatic heterocycles. The molecule has 88 valence electrons. The van der Waals surface area contributed by atoms with E-state index in [-0.39, 0.29) is 16.2 Å². The van der Waals surface area contributed by atoms with Gasteiger partial charge >= 0.3 is 5.97 Å². The zero-order chi connectivity index (χ0) is 12.1. The zero-order valence-corrected chi connectivity index (χ0v) is 9.31. The van der Waals surface area contributed by atoms with Crippen LogP contribution in [0.5, 0.6) is 0 Å². The molecule has 0 radical (unpaired) electrons. The normalized spacial score (nSPS) is 10.2. The number of methoxy groups -OCH3 is 1. The number of carbonyl (C=O) groups excluding carboxylic acids is 1. The van der Waals surface area contributed by atoms with E-state index in [0.29, 0.717) is 0 Å². The van der Waals surface area contributed by atoms with Crippen molar-refractivity contribution in [2.24, 2.45) is 0 Å². The van der Waals surface area contributed by atoms with Crippen LogP contribution in [0.3, 0.4) is 0 Å². The van der Waals surface area contributed by atoms with Crippen LogP contribution >= 0.6 is 11.8 Å². The van der Waals surface area contributed by atoms with Crippen LogP contribution in [-0.2, 0) is 16.1 Å². The monoisotopic (exact) mass is 248 g/mol. The van der Waals surface area contributed by atoms with Gasteiger partial charge in [0.05, 0.1) is 24.4 Å². The molecule has 0 unspecified atom stereocenters. The summed E-state index contributed by atoms with van der Waals surface area (Å²) in [7, 11) is 1.20. The van der Waals surface area contributed by atoms with E-state index < -0.39 is 24.2 Å². The Bertz CT molecular complexity index is 373. The molecule has 0 amide bonds. The largest absolute Gasteiger partial charge is 0.468 e.